The SMILES string of the molecule is CS(=O)(=O)c1cc(C(=O)N=c2ccccn2Cc2ccccc2)cc([N+](=O)[O-])c1. The van der Waals surface area contributed by atoms with Crippen molar-refractivity contribution in [3.8, 4) is 0 Å². The number of aromatic nitrogens is 1. The molecule has 0 N–H and O–H groups in total. The van der Waals surface area contributed by atoms with Crippen LogP contribution in [0.2, 0.25) is 0 Å². The Kier molecular flexibility index (Phi) is 5.69. The van der Waals surface area contributed by atoms with Crippen molar-refractivity contribution in [2.45, 2.75) is 11.4 Å². The summed E-state index contributed by atoms with van der Waals surface area (Å²) in [5.41, 5.74) is 0.683. The third-order valence-electron chi connectivity index (χ3n) is 4.11. The lowest BCUT2D eigenvalue weighted by Gasteiger charge is -2.07. The highest BCUT2D eigenvalue weighted by Gasteiger charge is 2.19. The number of benzene rings is 2. The molecule has 0 aliphatic carbocycles. The van der Waals surface area contributed by atoms with Crippen molar-refractivity contribution in [2.24, 2.45) is 4.99 Å². The molecule has 1 aromatic heterocycles. The van der Waals surface area contributed by atoms with Crippen molar-refractivity contribution >= 4 is 21.4 Å². The van der Waals surface area contributed by atoms with Crippen molar-refractivity contribution in [1.29, 1.82) is 0 Å². The number of hydrogen-bond donors (Lipinski definition) is 0. The van der Waals surface area contributed by atoms with E-state index in [0.717, 1.165) is 30.0 Å². The van der Waals surface area contributed by atoms with Gasteiger partial charge in [-0.25, -0.2) is 8.42 Å². The number of sulfone groups is 1. The van der Waals surface area contributed by atoms with Gasteiger partial charge in [-0.2, -0.15) is 4.99 Å². The monoisotopic (exact) mass is 411 g/mol. The van der Waals surface area contributed by atoms with Gasteiger partial charge in [-0.15, -0.1) is 0 Å². The average Bonchev–Trinajstić information content (AvgIpc) is 2.69. The summed E-state index contributed by atoms with van der Waals surface area (Å²) < 4.78 is 25.4. The van der Waals surface area contributed by atoms with Crippen LogP contribution < -0.4 is 5.49 Å². The Morgan fingerprint density at radius 2 is 1.76 bits per heavy atom. The molecule has 8 nitrogen and oxygen atoms in total. The zero-order chi connectivity index (χ0) is 21.0. The first-order valence-electron chi connectivity index (χ1n) is 8.52. The summed E-state index contributed by atoms with van der Waals surface area (Å²) in [5, 5.41) is 11.1. The minimum absolute atomic E-state index is 0.172. The first-order chi connectivity index (χ1) is 13.7. The van der Waals surface area contributed by atoms with Gasteiger partial charge in [-0.3, -0.25) is 14.9 Å². The van der Waals surface area contributed by atoms with Crippen LogP contribution in [0.1, 0.15) is 15.9 Å². The normalized spacial score (nSPS) is 12.0. The quantitative estimate of drug-likeness (QED) is 0.473. The number of carbonyl (C=O) groups is 1. The second-order valence-corrected chi connectivity index (χ2v) is 8.35. The molecular weight excluding hydrogens is 394 g/mol. The summed E-state index contributed by atoms with van der Waals surface area (Å²) in [5.74, 6) is -0.772. The molecule has 0 aliphatic rings. The number of nitro groups is 1. The minimum atomic E-state index is -3.74. The van der Waals surface area contributed by atoms with E-state index >= 15 is 0 Å². The number of nitro benzene ring substituents is 1. The van der Waals surface area contributed by atoms with Crippen LogP contribution in [0.25, 0.3) is 0 Å². The van der Waals surface area contributed by atoms with Crippen LogP contribution in [-0.2, 0) is 16.4 Å². The molecule has 0 saturated carbocycles. The van der Waals surface area contributed by atoms with E-state index in [1.807, 2.05) is 30.3 Å². The number of non-ortho nitro benzene ring substituents is 1. The molecule has 0 saturated heterocycles. The van der Waals surface area contributed by atoms with Crippen LogP contribution in [0.4, 0.5) is 5.69 Å². The van der Waals surface area contributed by atoms with Crippen molar-refractivity contribution in [1.82, 2.24) is 4.57 Å². The standard InChI is InChI=1S/C20H17N3O5S/c1-29(27,28)18-12-16(11-17(13-18)23(25)26)20(24)21-19-9-5-6-10-22(19)14-15-7-3-2-4-8-15/h2-13H,14H2,1H3. The first-order valence-corrected chi connectivity index (χ1v) is 10.4. The van der Waals surface area contributed by atoms with E-state index in [1.165, 1.54) is 0 Å². The van der Waals surface area contributed by atoms with E-state index in [9.17, 15) is 23.3 Å². The van der Waals surface area contributed by atoms with Crippen LogP contribution in [-0.4, -0.2) is 30.1 Å². The molecule has 0 fully saturated rings. The fraction of sp³-hybridized carbons (Fsp3) is 0.100. The molecule has 0 atom stereocenters. The highest BCUT2D eigenvalue weighted by atomic mass is 32.2. The van der Waals surface area contributed by atoms with E-state index in [-0.39, 0.29) is 10.5 Å². The molecular formula is C20H17N3O5S. The Morgan fingerprint density at radius 1 is 1.07 bits per heavy atom. The molecule has 3 aromatic rings. The minimum Gasteiger partial charge on any atom is -0.328 e. The van der Waals surface area contributed by atoms with Crippen molar-refractivity contribution in [2.75, 3.05) is 6.26 Å². The summed E-state index contributed by atoms with van der Waals surface area (Å²) in [7, 11) is -3.74. The van der Waals surface area contributed by atoms with Gasteiger partial charge in [0.15, 0.2) is 9.84 Å². The third kappa shape index (κ3) is 5.02. The highest BCUT2D eigenvalue weighted by Crippen LogP contribution is 2.21. The molecule has 148 valence electrons. The van der Waals surface area contributed by atoms with Crippen LogP contribution in [0.5, 0.6) is 0 Å². The fourth-order valence-electron chi connectivity index (χ4n) is 2.68. The summed E-state index contributed by atoms with van der Waals surface area (Å²) in [6.45, 7) is 0.470. The van der Waals surface area contributed by atoms with Gasteiger partial charge in [0.1, 0.15) is 5.49 Å². The molecule has 2 aromatic carbocycles. The van der Waals surface area contributed by atoms with Gasteiger partial charge in [0.25, 0.3) is 11.6 Å². The maximum atomic E-state index is 12.7. The number of hydrogen-bond acceptors (Lipinski definition) is 5. The fourth-order valence-corrected chi connectivity index (χ4v) is 3.35. The largest absolute Gasteiger partial charge is 0.328 e. The van der Waals surface area contributed by atoms with Crippen molar-refractivity contribution < 1.29 is 18.1 Å². The van der Waals surface area contributed by atoms with Gasteiger partial charge >= 0.3 is 0 Å². The van der Waals surface area contributed by atoms with Gasteiger partial charge in [-0.05, 0) is 23.8 Å². The molecule has 3 rings (SSSR count). The maximum Gasteiger partial charge on any atom is 0.279 e. The van der Waals surface area contributed by atoms with Gasteiger partial charge in [0.05, 0.1) is 9.82 Å². The number of pyridine rings is 1. The van der Waals surface area contributed by atoms with Gasteiger partial charge in [-0.1, -0.05) is 36.4 Å². The lowest BCUT2D eigenvalue weighted by Crippen LogP contribution is -2.22. The predicted octanol–water partition coefficient (Wildman–Crippen LogP) is 2.59. The molecule has 0 aliphatic heterocycles. The molecule has 29 heavy (non-hydrogen) atoms. The predicted molar refractivity (Wildman–Crippen MR) is 106 cm³/mol. The van der Waals surface area contributed by atoms with Crippen LogP contribution in [0.3, 0.4) is 0 Å². The van der Waals surface area contributed by atoms with Crippen LogP contribution >= 0.6 is 0 Å². The summed E-state index contributed by atoms with van der Waals surface area (Å²) >= 11 is 0. The summed E-state index contributed by atoms with van der Waals surface area (Å²) in [6, 6.07) is 17.7. The van der Waals surface area contributed by atoms with Gasteiger partial charge in [0, 0.05) is 36.7 Å². The molecule has 0 unspecified atom stereocenters. The Bertz CT molecular complexity index is 1250. The molecule has 0 spiro atoms. The second kappa shape index (κ2) is 8.19. The molecule has 1 heterocycles. The Balaban J connectivity index is 2.05. The lowest BCUT2D eigenvalue weighted by molar-refractivity contribution is -0.385. The molecule has 1 amide bonds. The van der Waals surface area contributed by atoms with Crippen LogP contribution in [0, 0.1) is 10.1 Å². The second-order valence-electron chi connectivity index (χ2n) is 6.33. The number of rotatable bonds is 5. The number of amides is 1. The maximum absolute atomic E-state index is 12.7. The molecule has 0 bridgehead atoms. The average molecular weight is 411 g/mol. The number of nitrogens with zero attached hydrogens (tertiary/aromatic N) is 3. The van der Waals surface area contributed by atoms with Crippen LogP contribution in [0.15, 0.2) is 82.8 Å². The summed E-state index contributed by atoms with van der Waals surface area (Å²) in [6.07, 6.45) is 2.68. The Labute approximate surface area is 166 Å². The highest BCUT2D eigenvalue weighted by molar-refractivity contribution is 7.90. The van der Waals surface area contributed by atoms with E-state index in [0.29, 0.717) is 12.0 Å². The van der Waals surface area contributed by atoms with Gasteiger partial charge < -0.3 is 4.57 Å². The molecule has 9 heteroatoms. The Morgan fingerprint density at radius 3 is 2.41 bits per heavy atom. The van der Waals surface area contributed by atoms with Crippen molar-refractivity contribution in [3.63, 3.8) is 0 Å². The number of carbonyl (C=O) groups excluding carboxylic acids is 1. The van der Waals surface area contributed by atoms with E-state index < -0.39 is 26.4 Å². The van der Waals surface area contributed by atoms with Crippen molar-refractivity contribution in [3.05, 3.63) is 99.7 Å². The van der Waals surface area contributed by atoms with E-state index in [1.54, 1.807) is 29.0 Å². The third-order valence-corrected chi connectivity index (χ3v) is 5.20. The zero-order valence-electron chi connectivity index (χ0n) is 15.4. The lowest BCUT2D eigenvalue weighted by atomic mass is 10.2. The first kappa shape index (κ1) is 20.2. The Hall–Kier alpha value is -3.59. The molecule has 0 radical (unpaired) electrons. The van der Waals surface area contributed by atoms with Gasteiger partial charge in [0.2, 0.25) is 0 Å². The topological polar surface area (TPSA) is 112 Å². The smallest absolute Gasteiger partial charge is 0.279 e. The zero-order valence-corrected chi connectivity index (χ0v) is 16.2. The van der Waals surface area contributed by atoms with E-state index in [4.69, 9.17) is 0 Å². The summed E-state index contributed by atoms with van der Waals surface area (Å²) in [4.78, 5) is 26.8. The van der Waals surface area contributed by atoms with E-state index in [2.05, 4.69) is 4.99 Å².